The molecule has 1 saturated heterocycles. The molecule has 0 atom stereocenters. The molecule has 1 aliphatic heterocycles. The topological polar surface area (TPSA) is 92.9 Å². The fraction of sp³-hybridized carbons (Fsp3) is 0.278. The summed E-state index contributed by atoms with van der Waals surface area (Å²) in [6.07, 6.45) is 0. The maximum Gasteiger partial charge on any atom is 0.253 e. The van der Waals surface area contributed by atoms with E-state index in [-0.39, 0.29) is 36.3 Å². The van der Waals surface area contributed by atoms with Crippen LogP contribution < -0.4 is 10.5 Å². The number of anilines is 1. The number of halogens is 1. The van der Waals surface area contributed by atoms with Crippen molar-refractivity contribution in [2.75, 3.05) is 39.0 Å². The van der Waals surface area contributed by atoms with Crippen molar-refractivity contribution in [3.05, 3.63) is 54.1 Å². The van der Waals surface area contributed by atoms with E-state index in [0.29, 0.717) is 30.1 Å². The Bertz CT molecular complexity index is 878. The van der Waals surface area contributed by atoms with Crippen LogP contribution in [0.15, 0.2) is 53.4 Å². The molecule has 9 heteroatoms. The van der Waals surface area contributed by atoms with Gasteiger partial charge in [0.15, 0.2) is 0 Å². The van der Waals surface area contributed by atoms with Gasteiger partial charge in [0, 0.05) is 37.4 Å². The lowest BCUT2D eigenvalue weighted by atomic mass is 10.1. The molecule has 2 aromatic rings. The Hall–Kier alpha value is -2.29. The van der Waals surface area contributed by atoms with Crippen LogP contribution >= 0.6 is 12.4 Å². The zero-order valence-electron chi connectivity index (χ0n) is 14.9. The third-order valence-corrected chi connectivity index (χ3v) is 6.29. The van der Waals surface area contributed by atoms with Gasteiger partial charge in [0.2, 0.25) is 10.0 Å². The number of nitrogens with zero attached hydrogens (tertiary/aromatic N) is 2. The van der Waals surface area contributed by atoms with Crippen LogP contribution in [0.5, 0.6) is 5.75 Å². The maximum absolute atomic E-state index is 12.7. The largest absolute Gasteiger partial charge is 0.497 e. The number of methoxy groups -OCH3 is 1. The fourth-order valence-corrected chi connectivity index (χ4v) is 4.26. The van der Waals surface area contributed by atoms with Gasteiger partial charge in [-0.3, -0.25) is 4.79 Å². The molecule has 2 aromatic carbocycles. The van der Waals surface area contributed by atoms with Crippen molar-refractivity contribution in [1.82, 2.24) is 9.21 Å². The lowest BCUT2D eigenvalue weighted by Crippen LogP contribution is -2.50. The number of ether oxygens (including phenoxy) is 1. The van der Waals surface area contributed by atoms with Crippen molar-refractivity contribution in [3.8, 4) is 5.75 Å². The molecule has 0 aromatic heterocycles. The van der Waals surface area contributed by atoms with Crippen LogP contribution in [0.3, 0.4) is 0 Å². The molecule has 7 nitrogen and oxygen atoms in total. The molecule has 1 amide bonds. The lowest BCUT2D eigenvalue weighted by Gasteiger charge is -2.34. The van der Waals surface area contributed by atoms with Gasteiger partial charge in [0.25, 0.3) is 5.91 Å². The van der Waals surface area contributed by atoms with Gasteiger partial charge in [0.05, 0.1) is 12.0 Å². The van der Waals surface area contributed by atoms with Gasteiger partial charge in [0.1, 0.15) is 5.75 Å². The monoisotopic (exact) mass is 411 g/mol. The van der Waals surface area contributed by atoms with Gasteiger partial charge >= 0.3 is 0 Å². The predicted octanol–water partition coefficient (Wildman–Crippen LogP) is 1.85. The van der Waals surface area contributed by atoms with Crippen LogP contribution in [0, 0.1) is 0 Å². The molecule has 1 aliphatic rings. The van der Waals surface area contributed by atoms with Gasteiger partial charge < -0.3 is 15.4 Å². The van der Waals surface area contributed by atoms with Crippen LogP contribution in [0.25, 0.3) is 0 Å². The molecule has 27 heavy (non-hydrogen) atoms. The van der Waals surface area contributed by atoms with E-state index in [1.165, 1.54) is 23.5 Å². The van der Waals surface area contributed by atoms with E-state index in [2.05, 4.69) is 0 Å². The highest BCUT2D eigenvalue weighted by Crippen LogP contribution is 2.21. The summed E-state index contributed by atoms with van der Waals surface area (Å²) in [4.78, 5) is 14.4. The standard InChI is InChI=1S/C18H21N3O4S.ClH/c1-25-16-6-8-17(9-7-16)26(23,24)21-12-10-20(11-13-21)18(22)14-2-4-15(19)5-3-14;/h2-9H,10-13,19H2,1H3;1H. The molecule has 2 N–H and O–H groups in total. The number of rotatable bonds is 4. The molecular formula is C18H22ClN3O4S. The molecule has 0 saturated carbocycles. The Labute approximate surface area is 165 Å². The minimum absolute atomic E-state index is 0. The summed E-state index contributed by atoms with van der Waals surface area (Å²) in [6, 6.07) is 13.0. The van der Waals surface area contributed by atoms with Crippen molar-refractivity contribution >= 4 is 34.0 Å². The third kappa shape index (κ3) is 4.52. The molecule has 1 fully saturated rings. The lowest BCUT2D eigenvalue weighted by molar-refractivity contribution is 0.0698. The summed E-state index contributed by atoms with van der Waals surface area (Å²) >= 11 is 0. The fourth-order valence-electron chi connectivity index (χ4n) is 2.84. The smallest absolute Gasteiger partial charge is 0.253 e. The first kappa shape index (κ1) is 21.0. The molecular weight excluding hydrogens is 390 g/mol. The number of nitrogens with two attached hydrogens (primary N) is 1. The van der Waals surface area contributed by atoms with Crippen molar-refractivity contribution in [2.24, 2.45) is 0 Å². The van der Waals surface area contributed by atoms with Gasteiger partial charge in [-0.2, -0.15) is 4.31 Å². The van der Waals surface area contributed by atoms with Gasteiger partial charge in [-0.25, -0.2) is 8.42 Å². The first-order valence-electron chi connectivity index (χ1n) is 8.21. The van der Waals surface area contributed by atoms with E-state index in [1.807, 2.05) is 0 Å². The second-order valence-corrected chi connectivity index (χ2v) is 7.93. The van der Waals surface area contributed by atoms with Gasteiger partial charge in [-0.1, -0.05) is 0 Å². The van der Waals surface area contributed by atoms with Crippen LogP contribution in [0.4, 0.5) is 5.69 Å². The zero-order chi connectivity index (χ0) is 18.7. The Morgan fingerprint density at radius 1 is 0.963 bits per heavy atom. The summed E-state index contributed by atoms with van der Waals surface area (Å²) in [5.74, 6) is 0.481. The summed E-state index contributed by atoms with van der Waals surface area (Å²) in [5.41, 5.74) is 6.78. The predicted molar refractivity (Wildman–Crippen MR) is 106 cm³/mol. The first-order valence-corrected chi connectivity index (χ1v) is 9.65. The van der Waals surface area contributed by atoms with E-state index in [9.17, 15) is 13.2 Å². The summed E-state index contributed by atoms with van der Waals surface area (Å²) in [7, 11) is -2.05. The minimum atomic E-state index is -3.58. The highest BCUT2D eigenvalue weighted by molar-refractivity contribution is 7.89. The number of nitrogen functional groups attached to an aromatic ring is 1. The van der Waals surface area contributed by atoms with Crippen molar-refractivity contribution in [3.63, 3.8) is 0 Å². The van der Waals surface area contributed by atoms with E-state index in [1.54, 1.807) is 41.3 Å². The Balaban J connectivity index is 0.00000261. The second kappa shape index (κ2) is 8.60. The van der Waals surface area contributed by atoms with Crippen LogP contribution in [0.2, 0.25) is 0 Å². The Kier molecular flexibility index (Phi) is 6.69. The van der Waals surface area contributed by atoms with Crippen LogP contribution in [-0.4, -0.2) is 56.8 Å². The summed E-state index contributed by atoms with van der Waals surface area (Å²) in [5, 5.41) is 0. The van der Waals surface area contributed by atoms with E-state index >= 15 is 0 Å². The number of benzene rings is 2. The molecule has 0 spiro atoms. The van der Waals surface area contributed by atoms with Gasteiger partial charge in [-0.05, 0) is 48.5 Å². The number of sulfonamides is 1. The number of piperazine rings is 1. The molecule has 3 rings (SSSR count). The number of hydrogen-bond donors (Lipinski definition) is 1. The number of amides is 1. The Morgan fingerprint density at radius 2 is 1.52 bits per heavy atom. The number of carbonyl (C=O) groups excluding carboxylic acids is 1. The number of hydrogen-bond acceptors (Lipinski definition) is 5. The van der Waals surface area contributed by atoms with Gasteiger partial charge in [-0.15, -0.1) is 12.4 Å². The summed E-state index contributed by atoms with van der Waals surface area (Å²) < 4.78 is 31.9. The molecule has 0 unspecified atom stereocenters. The second-order valence-electron chi connectivity index (χ2n) is 5.99. The first-order chi connectivity index (χ1) is 12.4. The van der Waals surface area contributed by atoms with Crippen molar-refractivity contribution in [2.45, 2.75) is 4.90 Å². The zero-order valence-corrected chi connectivity index (χ0v) is 16.5. The highest BCUT2D eigenvalue weighted by atomic mass is 35.5. The van der Waals surface area contributed by atoms with E-state index in [4.69, 9.17) is 10.5 Å². The van der Waals surface area contributed by atoms with Crippen LogP contribution in [-0.2, 0) is 10.0 Å². The minimum Gasteiger partial charge on any atom is -0.497 e. The molecule has 1 heterocycles. The Morgan fingerprint density at radius 3 is 2.04 bits per heavy atom. The maximum atomic E-state index is 12.7. The molecule has 146 valence electrons. The third-order valence-electron chi connectivity index (χ3n) is 4.38. The van der Waals surface area contributed by atoms with Crippen LogP contribution in [0.1, 0.15) is 10.4 Å². The molecule has 0 radical (unpaired) electrons. The SMILES string of the molecule is COc1ccc(S(=O)(=O)N2CCN(C(=O)c3ccc(N)cc3)CC2)cc1.Cl. The molecule has 0 bridgehead atoms. The number of carbonyl (C=O) groups is 1. The highest BCUT2D eigenvalue weighted by Gasteiger charge is 2.30. The average molecular weight is 412 g/mol. The average Bonchev–Trinajstić information content (AvgIpc) is 2.68. The summed E-state index contributed by atoms with van der Waals surface area (Å²) in [6.45, 7) is 1.21. The molecule has 0 aliphatic carbocycles. The van der Waals surface area contributed by atoms with Crippen molar-refractivity contribution in [1.29, 1.82) is 0 Å². The van der Waals surface area contributed by atoms with Crippen molar-refractivity contribution < 1.29 is 17.9 Å². The normalized spacial score (nSPS) is 15.1. The quantitative estimate of drug-likeness (QED) is 0.775. The van der Waals surface area contributed by atoms with E-state index in [0.717, 1.165) is 0 Å². The van der Waals surface area contributed by atoms with E-state index < -0.39 is 10.0 Å².